The zero-order valence-electron chi connectivity index (χ0n) is 20.9. The first-order valence-corrected chi connectivity index (χ1v) is 12.8. The van der Waals surface area contributed by atoms with Crippen molar-refractivity contribution in [3.8, 4) is 5.75 Å². The van der Waals surface area contributed by atoms with Crippen LogP contribution in [0.1, 0.15) is 62.6 Å². The Morgan fingerprint density at radius 3 is 2.39 bits per heavy atom. The van der Waals surface area contributed by atoms with Gasteiger partial charge in [-0.1, -0.05) is 67.9 Å². The first kappa shape index (κ1) is 23.9. The minimum absolute atomic E-state index is 0.0740. The monoisotopic (exact) mass is 480 g/mol. The van der Waals surface area contributed by atoms with Crippen molar-refractivity contribution in [2.75, 3.05) is 16.8 Å². The van der Waals surface area contributed by atoms with Crippen molar-refractivity contribution in [3.63, 3.8) is 0 Å². The number of benzene rings is 3. The van der Waals surface area contributed by atoms with Gasteiger partial charge in [0.05, 0.1) is 24.0 Å². The highest BCUT2D eigenvalue weighted by molar-refractivity contribution is 6.06. The molecule has 0 saturated heterocycles. The number of unbranched alkanes of at least 4 members (excludes halogenated alkanes) is 1. The molecule has 0 unspecified atom stereocenters. The lowest BCUT2D eigenvalue weighted by molar-refractivity contribution is -0.117. The third-order valence-electron chi connectivity index (χ3n) is 7.06. The molecule has 3 aromatic carbocycles. The van der Waals surface area contributed by atoms with Gasteiger partial charge in [-0.15, -0.1) is 0 Å². The molecule has 0 saturated carbocycles. The number of hydrogen-bond donors (Lipinski definition) is 1. The summed E-state index contributed by atoms with van der Waals surface area (Å²) in [5.41, 5.74) is 5.23. The van der Waals surface area contributed by atoms with Crippen LogP contribution in [-0.2, 0) is 9.59 Å². The molecule has 0 radical (unpaired) electrons. The first-order chi connectivity index (χ1) is 17.6. The van der Waals surface area contributed by atoms with Gasteiger partial charge in [0.1, 0.15) is 5.75 Å². The Bertz CT molecular complexity index is 1280. The third-order valence-corrected chi connectivity index (χ3v) is 7.06. The van der Waals surface area contributed by atoms with E-state index in [0.29, 0.717) is 25.0 Å². The van der Waals surface area contributed by atoms with Crippen LogP contribution in [0, 0.1) is 0 Å². The Morgan fingerprint density at radius 2 is 1.67 bits per heavy atom. The van der Waals surface area contributed by atoms with Crippen molar-refractivity contribution in [2.24, 2.45) is 0 Å². The van der Waals surface area contributed by atoms with Crippen molar-refractivity contribution in [1.29, 1.82) is 0 Å². The number of amides is 1. The van der Waals surface area contributed by atoms with Crippen LogP contribution in [-0.4, -0.2) is 18.3 Å². The summed E-state index contributed by atoms with van der Waals surface area (Å²) in [5.74, 6) is 0.854. The van der Waals surface area contributed by atoms with Gasteiger partial charge in [0.15, 0.2) is 5.78 Å². The summed E-state index contributed by atoms with van der Waals surface area (Å²) in [4.78, 5) is 28.8. The van der Waals surface area contributed by atoms with Crippen LogP contribution in [0.5, 0.6) is 5.75 Å². The molecule has 1 heterocycles. The van der Waals surface area contributed by atoms with E-state index in [4.69, 9.17) is 4.74 Å². The van der Waals surface area contributed by atoms with Crippen LogP contribution in [0.15, 0.2) is 90.1 Å². The lowest BCUT2D eigenvalue weighted by atomic mass is 9.78. The minimum atomic E-state index is -0.512. The van der Waals surface area contributed by atoms with Gasteiger partial charge >= 0.3 is 0 Å². The Balaban J connectivity index is 1.61. The summed E-state index contributed by atoms with van der Waals surface area (Å²) >= 11 is 0. The second kappa shape index (κ2) is 10.4. The number of allylic oxidation sites excluding steroid dienone is 1. The highest BCUT2D eigenvalue weighted by Gasteiger charge is 2.40. The number of nitrogens with one attached hydrogen (secondary N) is 1. The van der Waals surface area contributed by atoms with E-state index in [1.165, 1.54) is 0 Å². The Kier molecular flexibility index (Phi) is 6.90. The average Bonchev–Trinajstić information content (AvgIpc) is 3.04. The topological polar surface area (TPSA) is 58.6 Å². The standard InChI is InChI=1S/C31H32N2O3/c1-3-4-18-36-25-16-14-23(15-17-25)31-30-27(19-24(20-29(30)35)22-10-6-5-7-11-22)32-26-12-8-9-13-28(26)33(31)21(2)34/h5-17,24,31-32H,3-4,18-20H2,1-2H3/t24-,31+/m1/s1. The van der Waals surface area contributed by atoms with Crippen molar-refractivity contribution in [3.05, 3.63) is 101 Å². The normalized spacial score (nSPS) is 19.2. The smallest absolute Gasteiger partial charge is 0.224 e. The molecule has 2 aliphatic rings. The average molecular weight is 481 g/mol. The number of carbonyl (C=O) groups is 2. The van der Waals surface area contributed by atoms with Crippen LogP contribution in [0.4, 0.5) is 11.4 Å². The molecule has 1 N–H and O–H groups in total. The first-order valence-electron chi connectivity index (χ1n) is 12.8. The van der Waals surface area contributed by atoms with Crippen LogP contribution in [0.3, 0.4) is 0 Å². The number of anilines is 2. The lowest BCUT2D eigenvalue weighted by Gasteiger charge is -2.34. The van der Waals surface area contributed by atoms with Crippen molar-refractivity contribution in [1.82, 2.24) is 0 Å². The number of para-hydroxylation sites is 2. The summed E-state index contributed by atoms with van der Waals surface area (Å²) < 4.78 is 5.86. The fourth-order valence-electron chi connectivity index (χ4n) is 5.30. The van der Waals surface area contributed by atoms with E-state index in [1.54, 1.807) is 11.8 Å². The van der Waals surface area contributed by atoms with Crippen LogP contribution < -0.4 is 15.0 Å². The van der Waals surface area contributed by atoms with Gasteiger partial charge in [-0.05, 0) is 54.2 Å². The molecule has 5 rings (SSSR count). The molecule has 5 nitrogen and oxygen atoms in total. The Morgan fingerprint density at radius 1 is 0.944 bits per heavy atom. The fraction of sp³-hybridized carbons (Fsp3) is 0.290. The van der Waals surface area contributed by atoms with E-state index in [9.17, 15) is 9.59 Å². The van der Waals surface area contributed by atoms with Gasteiger partial charge in [-0.2, -0.15) is 0 Å². The molecular formula is C31H32N2O3. The minimum Gasteiger partial charge on any atom is -0.494 e. The predicted octanol–water partition coefficient (Wildman–Crippen LogP) is 6.79. The number of ketones is 1. The van der Waals surface area contributed by atoms with Crippen LogP contribution >= 0.6 is 0 Å². The molecule has 1 aliphatic carbocycles. The molecule has 3 aromatic rings. The number of fused-ring (bicyclic) bond motifs is 1. The second-order valence-electron chi connectivity index (χ2n) is 9.54. The summed E-state index contributed by atoms with van der Waals surface area (Å²) in [6, 6.07) is 25.3. The lowest BCUT2D eigenvalue weighted by Crippen LogP contribution is -2.37. The van der Waals surface area contributed by atoms with Crippen LogP contribution in [0.2, 0.25) is 0 Å². The third kappa shape index (κ3) is 4.66. The zero-order valence-corrected chi connectivity index (χ0v) is 20.9. The number of Topliss-reactive ketones (excluding diaryl/α,β-unsaturated/α-hetero) is 1. The number of ether oxygens (including phenoxy) is 1. The summed E-state index contributed by atoms with van der Waals surface area (Å²) in [6.45, 7) is 4.37. The highest BCUT2D eigenvalue weighted by Crippen LogP contribution is 2.47. The Hall–Kier alpha value is -3.86. The molecular weight excluding hydrogens is 448 g/mol. The van der Waals surface area contributed by atoms with E-state index >= 15 is 0 Å². The number of nitrogens with zero attached hydrogens (tertiary/aromatic N) is 1. The van der Waals surface area contributed by atoms with E-state index in [0.717, 1.165) is 46.8 Å². The summed E-state index contributed by atoms with van der Waals surface area (Å²) in [6.07, 6.45) is 3.20. The SMILES string of the molecule is CCCCOc1ccc([C@H]2C3=C(C[C@@H](c4ccccc4)CC3=O)Nc3ccccc3N2C(C)=O)cc1. The van der Waals surface area contributed by atoms with Crippen molar-refractivity contribution >= 4 is 23.1 Å². The molecule has 36 heavy (non-hydrogen) atoms. The van der Waals surface area contributed by atoms with E-state index in [1.807, 2.05) is 66.7 Å². The van der Waals surface area contributed by atoms with E-state index < -0.39 is 6.04 Å². The maximum Gasteiger partial charge on any atom is 0.224 e. The molecule has 5 heteroatoms. The van der Waals surface area contributed by atoms with Gasteiger partial charge in [-0.3, -0.25) is 14.5 Å². The summed E-state index contributed by atoms with van der Waals surface area (Å²) in [7, 11) is 0. The fourth-order valence-corrected chi connectivity index (χ4v) is 5.30. The summed E-state index contributed by atoms with van der Waals surface area (Å²) in [5, 5.41) is 3.56. The molecule has 0 spiro atoms. The van der Waals surface area contributed by atoms with Gasteiger partial charge in [0.25, 0.3) is 0 Å². The molecule has 0 fully saturated rings. The van der Waals surface area contributed by atoms with Gasteiger partial charge in [0.2, 0.25) is 5.91 Å². The quantitative estimate of drug-likeness (QED) is 0.395. The number of hydrogen-bond acceptors (Lipinski definition) is 4. The molecule has 0 aromatic heterocycles. The molecule has 184 valence electrons. The van der Waals surface area contributed by atoms with E-state index in [-0.39, 0.29) is 17.6 Å². The van der Waals surface area contributed by atoms with Gasteiger partial charge < -0.3 is 10.1 Å². The predicted molar refractivity (Wildman–Crippen MR) is 143 cm³/mol. The molecule has 1 aliphatic heterocycles. The van der Waals surface area contributed by atoms with E-state index in [2.05, 4.69) is 24.4 Å². The number of carbonyl (C=O) groups excluding carboxylic acids is 2. The van der Waals surface area contributed by atoms with Gasteiger partial charge in [-0.25, -0.2) is 0 Å². The van der Waals surface area contributed by atoms with Crippen molar-refractivity contribution in [2.45, 2.75) is 51.5 Å². The molecule has 0 bridgehead atoms. The number of rotatable bonds is 6. The van der Waals surface area contributed by atoms with Crippen molar-refractivity contribution < 1.29 is 14.3 Å². The maximum atomic E-state index is 13.8. The Labute approximate surface area is 212 Å². The van der Waals surface area contributed by atoms with Gasteiger partial charge in [0, 0.05) is 24.6 Å². The largest absolute Gasteiger partial charge is 0.494 e. The second-order valence-corrected chi connectivity index (χ2v) is 9.54. The zero-order chi connectivity index (χ0) is 25.1. The highest BCUT2D eigenvalue weighted by atomic mass is 16.5. The molecule has 1 amide bonds. The van der Waals surface area contributed by atoms with Crippen LogP contribution in [0.25, 0.3) is 0 Å². The maximum absolute atomic E-state index is 13.8. The molecule has 2 atom stereocenters.